The third-order valence-corrected chi connectivity index (χ3v) is 3.74. The Morgan fingerprint density at radius 2 is 1.62 bits per heavy atom. The quantitative estimate of drug-likeness (QED) is 0.857. The summed E-state index contributed by atoms with van der Waals surface area (Å²) in [4.78, 5) is 27.2. The summed E-state index contributed by atoms with van der Waals surface area (Å²) in [6.07, 6.45) is 1.81. The Morgan fingerprint density at radius 3 is 2.14 bits per heavy atom. The van der Waals surface area contributed by atoms with Gasteiger partial charge in [-0.1, -0.05) is 25.5 Å². The van der Waals surface area contributed by atoms with E-state index in [-0.39, 0.29) is 12.0 Å². The second-order valence-corrected chi connectivity index (χ2v) is 5.20. The number of methoxy groups -OCH3 is 1. The largest absolute Gasteiger partial charge is 0.453 e. The van der Waals surface area contributed by atoms with Gasteiger partial charge in [0.1, 0.15) is 0 Å². The molecule has 1 aromatic rings. The molecule has 5 heteroatoms. The van der Waals surface area contributed by atoms with Crippen molar-refractivity contribution in [2.24, 2.45) is 0 Å². The summed E-state index contributed by atoms with van der Waals surface area (Å²) in [7, 11) is 1.37. The van der Waals surface area contributed by atoms with E-state index >= 15 is 0 Å². The monoisotopic (exact) mass is 290 g/mol. The van der Waals surface area contributed by atoms with Crippen molar-refractivity contribution in [3.8, 4) is 0 Å². The SMILES string of the molecule is CCCc1ccc(C(=O)N2CCN(C(=O)OC)CC2)cc1. The van der Waals surface area contributed by atoms with Crippen LogP contribution in [0.4, 0.5) is 4.79 Å². The summed E-state index contributed by atoms with van der Waals surface area (Å²) in [5, 5.41) is 0. The van der Waals surface area contributed by atoms with E-state index in [1.54, 1.807) is 9.80 Å². The lowest BCUT2D eigenvalue weighted by Crippen LogP contribution is -2.50. The summed E-state index contributed by atoms with van der Waals surface area (Å²) in [5.41, 5.74) is 1.96. The fourth-order valence-electron chi connectivity index (χ4n) is 2.51. The average Bonchev–Trinajstić information content (AvgIpc) is 2.54. The molecule has 0 aliphatic carbocycles. The highest BCUT2D eigenvalue weighted by Crippen LogP contribution is 2.12. The van der Waals surface area contributed by atoms with Gasteiger partial charge in [-0.25, -0.2) is 4.79 Å². The molecule has 2 amide bonds. The molecule has 5 nitrogen and oxygen atoms in total. The maximum atomic E-state index is 12.4. The van der Waals surface area contributed by atoms with Crippen molar-refractivity contribution in [1.82, 2.24) is 9.80 Å². The van der Waals surface area contributed by atoms with Crippen molar-refractivity contribution in [3.05, 3.63) is 35.4 Å². The first kappa shape index (κ1) is 15.4. The van der Waals surface area contributed by atoms with Crippen molar-refractivity contribution in [2.45, 2.75) is 19.8 Å². The molecule has 0 radical (unpaired) electrons. The smallest absolute Gasteiger partial charge is 0.409 e. The van der Waals surface area contributed by atoms with E-state index in [0.29, 0.717) is 31.7 Å². The van der Waals surface area contributed by atoms with Gasteiger partial charge >= 0.3 is 6.09 Å². The van der Waals surface area contributed by atoms with Crippen LogP contribution in [0.25, 0.3) is 0 Å². The minimum absolute atomic E-state index is 0.0302. The van der Waals surface area contributed by atoms with Crippen molar-refractivity contribution in [2.75, 3.05) is 33.3 Å². The molecule has 0 bridgehead atoms. The number of piperazine rings is 1. The molecule has 2 rings (SSSR count). The molecule has 1 aliphatic heterocycles. The van der Waals surface area contributed by atoms with E-state index in [9.17, 15) is 9.59 Å². The zero-order valence-corrected chi connectivity index (χ0v) is 12.7. The number of carbonyl (C=O) groups excluding carboxylic acids is 2. The molecule has 0 unspecified atom stereocenters. The third-order valence-electron chi connectivity index (χ3n) is 3.74. The van der Waals surface area contributed by atoms with Crippen LogP contribution >= 0.6 is 0 Å². The summed E-state index contributed by atoms with van der Waals surface area (Å²) < 4.78 is 4.69. The molecule has 1 aromatic carbocycles. The number of ether oxygens (including phenoxy) is 1. The lowest BCUT2D eigenvalue weighted by molar-refractivity contribution is 0.0599. The minimum atomic E-state index is -0.328. The maximum absolute atomic E-state index is 12.4. The Bertz CT molecular complexity index is 491. The predicted molar refractivity (Wildman–Crippen MR) is 80.3 cm³/mol. The molecule has 114 valence electrons. The van der Waals surface area contributed by atoms with E-state index in [2.05, 4.69) is 11.7 Å². The number of carbonyl (C=O) groups is 2. The van der Waals surface area contributed by atoms with Gasteiger partial charge in [-0.05, 0) is 24.1 Å². The predicted octanol–water partition coefficient (Wildman–Crippen LogP) is 2.16. The highest BCUT2D eigenvalue weighted by atomic mass is 16.5. The van der Waals surface area contributed by atoms with Gasteiger partial charge < -0.3 is 14.5 Å². The maximum Gasteiger partial charge on any atom is 0.409 e. The molecule has 1 aliphatic rings. The molecule has 1 fully saturated rings. The van der Waals surface area contributed by atoms with Gasteiger partial charge in [0.2, 0.25) is 0 Å². The Morgan fingerprint density at radius 1 is 1.05 bits per heavy atom. The highest BCUT2D eigenvalue weighted by molar-refractivity contribution is 5.94. The van der Waals surface area contributed by atoms with Gasteiger partial charge in [-0.2, -0.15) is 0 Å². The van der Waals surface area contributed by atoms with E-state index < -0.39 is 0 Å². The molecule has 1 heterocycles. The van der Waals surface area contributed by atoms with Gasteiger partial charge in [0.25, 0.3) is 5.91 Å². The van der Waals surface area contributed by atoms with Crippen molar-refractivity contribution in [1.29, 1.82) is 0 Å². The first-order valence-corrected chi connectivity index (χ1v) is 7.36. The van der Waals surface area contributed by atoms with Crippen LogP contribution in [0.2, 0.25) is 0 Å². The van der Waals surface area contributed by atoms with Crippen molar-refractivity contribution >= 4 is 12.0 Å². The fraction of sp³-hybridized carbons (Fsp3) is 0.500. The zero-order valence-electron chi connectivity index (χ0n) is 12.7. The molecule has 0 atom stereocenters. The molecule has 1 saturated heterocycles. The topological polar surface area (TPSA) is 49.9 Å². The number of rotatable bonds is 3. The Hall–Kier alpha value is -2.04. The fourth-order valence-corrected chi connectivity index (χ4v) is 2.51. The van der Waals surface area contributed by atoms with Gasteiger partial charge in [0, 0.05) is 31.7 Å². The Balaban J connectivity index is 1.93. The Kier molecular flexibility index (Phi) is 5.20. The summed E-state index contributed by atoms with van der Waals surface area (Å²) in [5.74, 6) is 0.0302. The van der Waals surface area contributed by atoms with Gasteiger partial charge in [0.05, 0.1) is 7.11 Å². The van der Waals surface area contributed by atoms with Gasteiger partial charge in [-0.15, -0.1) is 0 Å². The third kappa shape index (κ3) is 3.74. The standard InChI is InChI=1S/C16H22N2O3/c1-3-4-13-5-7-14(8-6-13)15(19)17-9-11-18(12-10-17)16(20)21-2/h5-8H,3-4,9-12H2,1-2H3. The lowest BCUT2D eigenvalue weighted by atomic mass is 10.1. The van der Waals surface area contributed by atoms with E-state index in [1.165, 1.54) is 12.7 Å². The molecule has 21 heavy (non-hydrogen) atoms. The van der Waals surface area contributed by atoms with Crippen LogP contribution in [0, 0.1) is 0 Å². The zero-order chi connectivity index (χ0) is 15.2. The van der Waals surface area contributed by atoms with Crippen LogP contribution in [0.1, 0.15) is 29.3 Å². The molecular formula is C16H22N2O3. The number of hydrogen-bond donors (Lipinski definition) is 0. The highest BCUT2D eigenvalue weighted by Gasteiger charge is 2.25. The average molecular weight is 290 g/mol. The molecular weight excluding hydrogens is 268 g/mol. The van der Waals surface area contributed by atoms with Crippen LogP contribution in [-0.4, -0.2) is 55.1 Å². The molecule has 0 N–H and O–H groups in total. The normalized spacial score (nSPS) is 15.0. The Labute approximate surface area is 125 Å². The number of amides is 2. The number of benzene rings is 1. The van der Waals surface area contributed by atoms with Gasteiger partial charge in [0.15, 0.2) is 0 Å². The van der Waals surface area contributed by atoms with E-state index in [1.807, 2.05) is 24.3 Å². The second kappa shape index (κ2) is 7.11. The lowest BCUT2D eigenvalue weighted by Gasteiger charge is -2.33. The number of hydrogen-bond acceptors (Lipinski definition) is 3. The molecule has 0 spiro atoms. The number of aryl methyl sites for hydroxylation is 1. The molecule has 0 aromatic heterocycles. The first-order chi connectivity index (χ1) is 10.2. The summed E-state index contributed by atoms with van der Waals surface area (Å²) >= 11 is 0. The summed E-state index contributed by atoms with van der Waals surface area (Å²) in [6.45, 7) is 4.27. The van der Waals surface area contributed by atoms with Crippen LogP contribution < -0.4 is 0 Å². The van der Waals surface area contributed by atoms with Gasteiger partial charge in [-0.3, -0.25) is 4.79 Å². The van der Waals surface area contributed by atoms with E-state index in [4.69, 9.17) is 0 Å². The summed E-state index contributed by atoms with van der Waals surface area (Å²) in [6, 6.07) is 7.81. The minimum Gasteiger partial charge on any atom is -0.453 e. The molecule has 0 saturated carbocycles. The second-order valence-electron chi connectivity index (χ2n) is 5.20. The van der Waals surface area contributed by atoms with Crippen molar-refractivity contribution < 1.29 is 14.3 Å². The first-order valence-electron chi connectivity index (χ1n) is 7.36. The van der Waals surface area contributed by atoms with Crippen LogP contribution in [0.5, 0.6) is 0 Å². The van der Waals surface area contributed by atoms with Crippen molar-refractivity contribution in [3.63, 3.8) is 0 Å². The van der Waals surface area contributed by atoms with Crippen LogP contribution in [0.15, 0.2) is 24.3 Å². The van der Waals surface area contributed by atoms with E-state index in [0.717, 1.165) is 12.8 Å². The number of nitrogens with zero attached hydrogens (tertiary/aromatic N) is 2. The van der Waals surface area contributed by atoms with Crippen LogP contribution in [-0.2, 0) is 11.2 Å². The van der Waals surface area contributed by atoms with Crippen LogP contribution in [0.3, 0.4) is 0 Å².